The lowest BCUT2D eigenvalue weighted by Gasteiger charge is -2.04. The van der Waals surface area contributed by atoms with Crippen LogP contribution in [0, 0.1) is 6.92 Å². The second-order valence-electron chi connectivity index (χ2n) is 5.21. The van der Waals surface area contributed by atoms with E-state index in [-0.39, 0.29) is 5.56 Å². The van der Waals surface area contributed by atoms with E-state index in [1.165, 1.54) is 11.8 Å². The van der Waals surface area contributed by atoms with Crippen LogP contribution in [0.25, 0.3) is 11.3 Å². The van der Waals surface area contributed by atoms with E-state index in [1.54, 1.807) is 12.1 Å². The Morgan fingerprint density at radius 2 is 1.79 bits per heavy atom. The summed E-state index contributed by atoms with van der Waals surface area (Å²) in [6, 6.07) is 13.0. The lowest BCUT2D eigenvalue weighted by Crippen LogP contribution is -2.14. The fraction of sp³-hybridized carbons (Fsp3) is 0.118. The molecule has 0 unspecified atom stereocenters. The van der Waals surface area contributed by atoms with Crippen molar-refractivity contribution in [1.29, 1.82) is 0 Å². The standard InChI is InChI=1S/C17H13Cl2N3OS/c1-10-2-5-12(6-3-10)15-16(23)20-17(22-21-15)24-9-11-4-7-13(18)14(19)8-11/h2-8H,9H2,1H3,(H,20,22,23). The lowest BCUT2D eigenvalue weighted by atomic mass is 10.1. The van der Waals surface area contributed by atoms with E-state index in [2.05, 4.69) is 15.2 Å². The number of hydrogen-bond acceptors (Lipinski definition) is 4. The van der Waals surface area contributed by atoms with Crippen LogP contribution in [0.4, 0.5) is 0 Å². The Morgan fingerprint density at radius 3 is 2.46 bits per heavy atom. The molecule has 0 radical (unpaired) electrons. The van der Waals surface area contributed by atoms with Crippen molar-refractivity contribution in [3.8, 4) is 11.3 Å². The summed E-state index contributed by atoms with van der Waals surface area (Å²) in [5.74, 6) is 0.603. The SMILES string of the molecule is Cc1ccc(-c2nnc(SCc3ccc(Cl)c(Cl)c3)[nH]c2=O)cc1. The van der Waals surface area contributed by atoms with Gasteiger partial charge in [0.2, 0.25) is 0 Å². The number of aryl methyl sites for hydroxylation is 1. The highest BCUT2D eigenvalue weighted by Gasteiger charge is 2.08. The number of nitrogens with zero attached hydrogens (tertiary/aromatic N) is 2. The molecular weight excluding hydrogens is 365 g/mol. The number of benzene rings is 2. The normalized spacial score (nSPS) is 10.8. The van der Waals surface area contributed by atoms with Crippen molar-refractivity contribution in [2.24, 2.45) is 0 Å². The van der Waals surface area contributed by atoms with Gasteiger partial charge in [0.25, 0.3) is 5.56 Å². The van der Waals surface area contributed by atoms with Crippen molar-refractivity contribution >= 4 is 35.0 Å². The fourth-order valence-corrected chi connectivity index (χ4v) is 3.14. The van der Waals surface area contributed by atoms with Crippen LogP contribution in [0.1, 0.15) is 11.1 Å². The molecule has 0 atom stereocenters. The summed E-state index contributed by atoms with van der Waals surface area (Å²) in [5, 5.41) is 9.63. The van der Waals surface area contributed by atoms with Crippen LogP contribution in [0.2, 0.25) is 10.0 Å². The molecule has 3 aromatic rings. The number of thioether (sulfide) groups is 1. The van der Waals surface area contributed by atoms with E-state index in [0.717, 1.165) is 16.7 Å². The Morgan fingerprint density at radius 1 is 1.04 bits per heavy atom. The zero-order valence-corrected chi connectivity index (χ0v) is 15.0. The van der Waals surface area contributed by atoms with Gasteiger partial charge in [-0.1, -0.05) is 70.9 Å². The number of aromatic amines is 1. The minimum Gasteiger partial charge on any atom is -0.298 e. The van der Waals surface area contributed by atoms with Crippen molar-refractivity contribution in [3.63, 3.8) is 0 Å². The minimum atomic E-state index is -0.259. The average Bonchev–Trinajstić information content (AvgIpc) is 2.57. The largest absolute Gasteiger partial charge is 0.298 e. The maximum Gasteiger partial charge on any atom is 0.278 e. The van der Waals surface area contributed by atoms with Gasteiger partial charge in [0.15, 0.2) is 10.9 Å². The number of nitrogens with one attached hydrogen (secondary N) is 1. The van der Waals surface area contributed by atoms with Crippen LogP contribution in [0.3, 0.4) is 0 Å². The topological polar surface area (TPSA) is 58.6 Å². The molecule has 1 aromatic heterocycles. The van der Waals surface area contributed by atoms with Crippen LogP contribution >= 0.6 is 35.0 Å². The molecule has 1 heterocycles. The fourth-order valence-electron chi connectivity index (χ4n) is 2.07. The molecule has 1 N–H and O–H groups in total. The first-order chi connectivity index (χ1) is 11.5. The van der Waals surface area contributed by atoms with Gasteiger partial charge >= 0.3 is 0 Å². The first-order valence-corrected chi connectivity index (χ1v) is 8.88. The van der Waals surface area contributed by atoms with Gasteiger partial charge < -0.3 is 0 Å². The number of rotatable bonds is 4. The molecule has 0 saturated carbocycles. The molecule has 24 heavy (non-hydrogen) atoms. The molecule has 0 aliphatic rings. The second-order valence-corrected chi connectivity index (χ2v) is 6.99. The summed E-state index contributed by atoms with van der Waals surface area (Å²) in [5.41, 5.74) is 2.91. The summed E-state index contributed by atoms with van der Waals surface area (Å²) >= 11 is 13.3. The molecule has 0 aliphatic heterocycles. The van der Waals surface area contributed by atoms with Gasteiger partial charge in [-0.2, -0.15) is 0 Å². The van der Waals surface area contributed by atoms with Gasteiger partial charge in [0.05, 0.1) is 10.0 Å². The van der Waals surface area contributed by atoms with Crippen LogP contribution in [0.5, 0.6) is 0 Å². The summed E-state index contributed by atoms with van der Waals surface area (Å²) < 4.78 is 0. The molecule has 2 aromatic carbocycles. The van der Waals surface area contributed by atoms with Gasteiger partial charge in [-0.3, -0.25) is 9.78 Å². The smallest absolute Gasteiger partial charge is 0.278 e. The molecule has 4 nitrogen and oxygen atoms in total. The maximum atomic E-state index is 12.2. The molecule has 0 spiro atoms. The molecular formula is C17H13Cl2N3OS. The number of aromatic nitrogens is 3. The molecule has 0 fully saturated rings. The summed E-state index contributed by atoms with van der Waals surface area (Å²) in [6.45, 7) is 1.99. The van der Waals surface area contributed by atoms with E-state index in [4.69, 9.17) is 23.2 Å². The Hall–Kier alpha value is -1.82. The Bertz CT molecular complexity index is 926. The van der Waals surface area contributed by atoms with Crippen molar-refractivity contribution in [3.05, 3.63) is 74.0 Å². The van der Waals surface area contributed by atoms with Crippen molar-refractivity contribution in [2.45, 2.75) is 17.8 Å². The maximum absolute atomic E-state index is 12.2. The second kappa shape index (κ2) is 7.38. The summed E-state index contributed by atoms with van der Waals surface area (Å²) in [7, 11) is 0. The van der Waals surface area contributed by atoms with Crippen LogP contribution in [-0.2, 0) is 5.75 Å². The summed E-state index contributed by atoms with van der Waals surface area (Å²) in [6.07, 6.45) is 0. The van der Waals surface area contributed by atoms with Gasteiger partial charge in [-0.25, -0.2) is 0 Å². The van der Waals surface area contributed by atoms with Gasteiger partial charge in [0, 0.05) is 11.3 Å². The third kappa shape index (κ3) is 3.98. The highest BCUT2D eigenvalue weighted by Crippen LogP contribution is 2.26. The van der Waals surface area contributed by atoms with Gasteiger partial charge in [0.1, 0.15) is 0 Å². The molecule has 0 bridgehead atoms. The molecule has 3 rings (SSSR count). The molecule has 122 valence electrons. The third-order valence-corrected chi connectivity index (χ3v) is 5.03. The molecule has 0 saturated heterocycles. The number of halogens is 2. The predicted octanol–water partition coefficient (Wildman–Crippen LogP) is 4.74. The van der Waals surface area contributed by atoms with E-state index >= 15 is 0 Å². The number of H-pyrrole nitrogens is 1. The molecule has 0 aliphatic carbocycles. The lowest BCUT2D eigenvalue weighted by molar-refractivity contribution is 0.824. The summed E-state index contributed by atoms with van der Waals surface area (Å²) in [4.78, 5) is 15.0. The first kappa shape index (κ1) is 17.0. The van der Waals surface area contributed by atoms with E-state index in [0.29, 0.717) is 26.6 Å². The third-order valence-electron chi connectivity index (χ3n) is 3.36. The van der Waals surface area contributed by atoms with Gasteiger partial charge in [-0.05, 0) is 24.6 Å². The molecule has 0 amide bonds. The van der Waals surface area contributed by atoms with E-state index < -0.39 is 0 Å². The van der Waals surface area contributed by atoms with Gasteiger partial charge in [-0.15, -0.1) is 10.2 Å². The van der Waals surface area contributed by atoms with Crippen molar-refractivity contribution in [1.82, 2.24) is 15.2 Å². The van der Waals surface area contributed by atoms with E-state index in [1.807, 2.05) is 37.3 Å². The predicted molar refractivity (Wildman–Crippen MR) is 98.8 cm³/mol. The van der Waals surface area contributed by atoms with Crippen LogP contribution in [-0.4, -0.2) is 15.2 Å². The van der Waals surface area contributed by atoms with Crippen LogP contribution < -0.4 is 5.56 Å². The Balaban J connectivity index is 1.76. The Labute approximate surface area is 153 Å². The molecule has 7 heteroatoms. The number of hydrogen-bond donors (Lipinski definition) is 1. The zero-order valence-electron chi connectivity index (χ0n) is 12.7. The Kier molecular flexibility index (Phi) is 5.23. The zero-order chi connectivity index (χ0) is 17.1. The van der Waals surface area contributed by atoms with Crippen molar-refractivity contribution in [2.75, 3.05) is 0 Å². The first-order valence-electron chi connectivity index (χ1n) is 7.14. The van der Waals surface area contributed by atoms with Crippen LogP contribution in [0.15, 0.2) is 52.4 Å². The minimum absolute atomic E-state index is 0.259. The monoisotopic (exact) mass is 377 g/mol. The highest BCUT2D eigenvalue weighted by atomic mass is 35.5. The highest BCUT2D eigenvalue weighted by molar-refractivity contribution is 7.98. The van der Waals surface area contributed by atoms with Crippen molar-refractivity contribution < 1.29 is 0 Å². The van der Waals surface area contributed by atoms with E-state index in [9.17, 15) is 4.79 Å². The average molecular weight is 378 g/mol. The quantitative estimate of drug-likeness (QED) is 0.667.